The van der Waals surface area contributed by atoms with Gasteiger partial charge in [0.25, 0.3) is 0 Å². The van der Waals surface area contributed by atoms with E-state index in [-0.39, 0.29) is 19.2 Å². The molecule has 2 aliphatic heterocycles. The first-order valence-electron chi connectivity index (χ1n) is 11.6. The average Bonchev–Trinajstić information content (AvgIpc) is 2.87. The van der Waals surface area contributed by atoms with Crippen LogP contribution >= 0.6 is 0 Å². The van der Waals surface area contributed by atoms with Crippen molar-refractivity contribution in [2.24, 2.45) is 0 Å². The number of nitrogens with zero attached hydrogens (tertiary/aromatic N) is 4. The van der Waals surface area contributed by atoms with E-state index in [1.165, 1.54) is 0 Å². The van der Waals surface area contributed by atoms with Gasteiger partial charge in [0.2, 0.25) is 0 Å². The molecule has 4 rings (SSSR count). The van der Waals surface area contributed by atoms with E-state index in [0.717, 1.165) is 47.3 Å². The number of fused-ring (bicyclic) bond motifs is 1. The van der Waals surface area contributed by atoms with Crippen LogP contribution in [0, 0.1) is 0 Å². The third-order valence-corrected chi connectivity index (χ3v) is 5.87. The average molecular weight is 470 g/mol. The first-order chi connectivity index (χ1) is 16.6. The molecule has 2 aliphatic rings. The summed E-state index contributed by atoms with van der Waals surface area (Å²) in [6, 6.07) is 7.61. The fourth-order valence-corrected chi connectivity index (χ4v) is 4.17. The molecule has 1 fully saturated rings. The minimum absolute atomic E-state index is 0.150. The van der Waals surface area contributed by atoms with Gasteiger partial charge in [-0.05, 0) is 24.6 Å². The zero-order chi connectivity index (χ0) is 23.9. The van der Waals surface area contributed by atoms with Gasteiger partial charge in [0.15, 0.2) is 0 Å². The molecule has 10 nitrogen and oxygen atoms in total. The molecule has 0 aliphatic carbocycles. The summed E-state index contributed by atoms with van der Waals surface area (Å²) < 4.78 is 15.8. The number of methoxy groups -OCH3 is 1. The molecule has 0 spiro atoms. The van der Waals surface area contributed by atoms with Gasteiger partial charge >= 0.3 is 12.0 Å². The number of hydrogen-bond donors (Lipinski definition) is 1. The monoisotopic (exact) mass is 469 g/mol. The van der Waals surface area contributed by atoms with E-state index < -0.39 is 5.97 Å². The van der Waals surface area contributed by atoms with Crippen LogP contribution in [0.2, 0.25) is 0 Å². The topological polar surface area (TPSA) is 106 Å². The van der Waals surface area contributed by atoms with Crippen molar-refractivity contribution in [3.8, 4) is 5.75 Å². The SMILES string of the molecule is CCOC(=O)CNC(=O)N1CCc2nc(Cc3cccc(OC)c3)nc(N3CCOCC3)c2C1. The number of morpholine rings is 1. The zero-order valence-electron chi connectivity index (χ0n) is 19.7. The maximum atomic E-state index is 12.7. The van der Waals surface area contributed by atoms with Gasteiger partial charge in [-0.3, -0.25) is 4.79 Å². The van der Waals surface area contributed by atoms with Crippen molar-refractivity contribution in [3.05, 3.63) is 46.9 Å². The van der Waals surface area contributed by atoms with Crippen LogP contribution in [0.25, 0.3) is 0 Å². The second-order valence-corrected chi connectivity index (χ2v) is 8.15. The second-order valence-electron chi connectivity index (χ2n) is 8.15. The summed E-state index contributed by atoms with van der Waals surface area (Å²) in [5, 5.41) is 2.65. The van der Waals surface area contributed by atoms with Crippen LogP contribution in [0.15, 0.2) is 24.3 Å². The summed E-state index contributed by atoms with van der Waals surface area (Å²) in [7, 11) is 1.65. The number of rotatable bonds is 7. The summed E-state index contributed by atoms with van der Waals surface area (Å²) in [4.78, 5) is 38.0. The molecule has 1 N–H and O–H groups in total. The van der Waals surface area contributed by atoms with Gasteiger partial charge in [-0.2, -0.15) is 0 Å². The molecule has 10 heteroatoms. The van der Waals surface area contributed by atoms with E-state index in [0.29, 0.717) is 39.1 Å². The molecule has 0 unspecified atom stereocenters. The van der Waals surface area contributed by atoms with E-state index in [2.05, 4.69) is 10.2 Å². The van der Waals surface area contributed by atoms with Crippen LogP contribution in [0.1, 0.15) is 29.6 Å². The van der Waals surface area contributed by atoms with Gasteiger partial charge in [-0.1, -0.05) is 12.1 Å². The molecule has 0 bridgehead atoms. The molecular weight excluding hydrogens is 438 g/mol. The number of hydrogen-bond acceptors (Lipinski definition) is 8. The maximum Gasteiger partial charge on any atom is 0.325 e. The molecule has 1 aromatic carbocycles. The lowest BCUT2D eigenvalue weighted by atomic mass is 10.0. The molecule has 2 amide bonds. The lowest BCUT2D eigenvalue weighted by molar-refractivity contribution is -0.141. The first kappa shape index (κ1) is 23.7. The highest BCUT2D eigenvalue weighted by molar-refractivity contribution is 5.81. The largest absolute Gasteiger partial charge is 0.497 e. The maximum absolute atomic E-state index is 12.7. The van der Waals surface area contributed by atoms with E-state index in [1.807, 2.05) is 24.3 Å². The summed E-state index contributed by atoms with van der Waals surface area (Å²) in [5.41, 5.74) is 2.99. The quantitative estimate of drug-likeness (QED) is 0.609. The number of esters is 1. The number of nitrogens with one attached hydrogen (secondary N) is 1. The number of benzene rings is 1. The van der Waals surface area contributed by atoms with Crippen LogP contribution in [0.3, 0.4) is 0 Å². The van der Waals surface area contributed by atoms with Crippen molar-refractivity contribution in [2.75, 3.05) is 58.0 Å². The number of urea groups is 1. The molecule has 1 aromatic heterocycles. The normalized spacial score (nSPS) is 15.5. The van der Waals surface area contributed by atoms with E-state index >= 15 is 0 Å². The highest BCUT2D eigenvalue weighted by atomic mass is 16.5. The standard InChI is InChI=1S/C24H31N5O5/c1-3-34-22(30)15-25-24(31)29-8-7-20-19(16-29)23(28-9-11-33-12-10-28)27-21(26-20)14-17-5-4-6-18(13-17)32-2/h4-6,13H,3,7-12,14-16H2,1-2H3,(H,25,31). The Hall–Kier alpha value is -3.40. The Kier molecular flexibility index (Phi) is 7.79. The smallest absolute Gasteiger partial charge is 0.325 e. The highest BCUT2D eigenvalue weighted by Gasteiger charge is 2.28. The Labute approximate surface area is 199 Å². The van der Waals surface area contributed by atoms with Crippen molar-refractivity contribution >= 4 is 17.8 Å². The predicted molar refractivity (Wildman–Crippen MR) is 125 cm³/mol. The van der Waals surface area contributed by atoms with Crippen molar-refractivity contribution in [1.82, 2.24) is 20.2 Å². The van der Waals surface area contributed by atoms with Crippen LogP contribution in [-0.4, -0.2) is 80.0 Å². The molecule has 182 valence electrons. The van der Waals surface area contributed by atoms with Gasteiger partial charge in [-0.15, -0.1) is 0 Å². The number of amides is 2. The van der Waals surface area contributed by atoms with Crippen molar-refractivity contribution in [1.29, 1.82) is 0 Å². The number of carbonyl (C=O) groups is 2. The van der Waals surface area contributed by atoms with Crippen molar-refractivity contribution in [2.45, 2.75) is 26.3 Å². The van der Waals surface area contributed by atoms with Gasteiger partial charge in [0.1, 0.15) is 23.9 Å². The minimum Gasteiger partial charge on any atom is -0.497 e. The minimum atomic E-state index is -0.451. The van der Waals surface area contributed by atoms with Gasteiger partial charge in [0, 0.05) is 38.0 Å². The third kappa shape index (κ3) is 5.74. The Balaban J connectivity index is 1.56. The third-order valence-electron chi connectivity index (χ3n) is 5.87. The summed E-state index contributed by atoms with van der Waals surface area (Å²) in [6.45, 7) is 5.50. The van der Waals surface area contributed by atoms with Crippen LogP contribution in [-0.2, 0) is 33.7 Å². The van der Waals surface area contributed by atoms with E-state index in [4.69, 9.17) is 24.2 Å². The summed E-state index contributed by atoms with van der Waals surface area (Å²) >= 11 is 0. The Morgan fingerprint density at radius 2 is 2.00 bits per heavy atom. The number of carbonyl (C=O) groups excluding carboxylic acids is 2. The number of aromatic nitrogens is 2. The number of ether oxygens (including phenoxy) is 3. The zero-order valence-corrected chi connectivity index (χ0v) is 19.7. The lowest BCUT2D eigenvalue weighted by Crippen LogP contribution is -2.46. The Bertz CT molecular complexity index is 1020. The van der Waals surface area contributed by atoms with Gasteiger partial charge in [-0.25, -0.2) is 14.8 Å². The Morgan fingerprint density at radius 3 is 2.76 bits per heavy atom. The van der Waals surface area contributed by atoms with Crippen LogP contribution in [0.5, 0.6) is 5.75 Å². The van der Waals surface area contributed by atoms with Gasteiger partial charge < -0.3 is 29.3 Å². The molecule has 0 saturated carbocycles. The van der Waals surface area contributed by atoms with Crippen molar-refractivity contribution in [3.63, 3.8) is 0 Å². The summed E-state index contributed by atoms with van der Waals surface area (Å²) in [6.07, 6.45) is 1.21. The Morgan fingerprint density at radius 1 is 1.18 bits per heavy atom. The molecule has 0 atom stereocenters. The molecule has 1 saturated heterocycles. The molecular formula is C24H31N5O5. The van der Waals surface area contributed by atoms with E-state index in [1.54, 1.807) is 18.9 Å². The molecule has 34 heavy (non-hydrogen) atoms. The first-order valence-corrected chi connectivity index (χ1v) is 11.6. The predicted octanol–water partition coefficient (Wildman–Crippen LogP) is 1.54. The molecule has 0 radical (unpaired) electrons. The number of anilines is 1. The summed E-state index contributed by atoms with van der Waals surface area (Å²) in [5.74, 6) is 1.95. The van der Waals surface area contributed by atoms with E-state index in [9.17, 15) is 9.59 Å². The fourth-order valence-electron chi connectivity index (χ4n) is 4.17. The van der Waals surface area contributed by atoms with Crippen LogP contribution < -0.4 is 15.0 Å². The molecule has 3 heterocycles. The molecule has 2 aromatic rings. The lowest BCUT2D eigenvalue weighted by Gasteiger charge is -2.34. The second kappa shape index (κ2) is 11.1. The fraction of sp³-hybridized carbons (Fsp3) is 0.500. The van der Waals surface area contributed by atoms with Gasteiger partial charge in [0.05, 0.1) is 39.2 Å². The highest BCUT2D eigenvalue weighted by Crippen LogP contribution is 2.28. The van der Waals surface area contributed by atoms with Crippen LogP contribution in [0.4, 0.5) is 10.6 Å². The van der Waals surface area contributed by atoms with Crippen molar-refractivity contribution < 1.29 is 23.8 Å².